The summed E-state index contributed by atoms with van der Waals surface area (Å²) in [4.78, 5) is 0. The Morgan fingerprint density at radius 2 is 2.21 bits per heavy atom. The highest BCUT2D eigenvalue weighted by Gasteiger charge is 2.26. The molecule has 1 fully saturated rings. The lowest BCUT2D eigenvalue weighted by Gasteiger charge is -2.31. The van der Waals surface area contributed by atoms with Crippen molar-refractivity contribution in [2.45, 2.75) is 6.10 Å². The summed E-state index contributed by atoms with van der Waals surface area (Å²) in [5.74, 6) is 1.87. The van der Waals surface area contributed by atoms with Crippen LogP contribution in [0.1, 0.15) is 5.56 Å². The lowest BCUT2D eigenvalue weighted by molar-refractivity contribution is 0.0635. The van der Waals surface area contributed by atoms with E-state index >= 15 is 0 Å². The number of hydrogen-bond acceptors (Lipinski definition) is 3. The van der Waals surface area contributed by atoms with Gasteiger partial charge < -0.3 is 9.47 Å². The Morgan fingerprint density at radius 1 is 1.29 bits per heavy atom. The second kappa shape index (κ2) is 3.03. The van der Waals surface area contributed by atoms with Crippen molar-refractivity contribution in [3.63, 3.8) is 0 Å². The average Bonchev–Trinajstić information content (AvgIpc) is 2.26. The normalized spacial score (nSPS) is 23.7. The van der Waals surface area contributed by atoms with Gasteiger partial charge in [0, 0.05) is 12.1 Å². The van der Waals surface area contributed by atoms with Crippen LogP contribution in [0.5, 0.6) is 5.75 Å². The molecular weight excluding hydrogens is 178 g/mol. The van der Waals surface area contributed by atoms with Crippen LogP contribution in [0.25, 0.3) is 6.08 Å². The molecule has 0 saturated carbocycles. The molecule has 1 aromatic rings. The van der Waals surface area contributed by atoms with Crippen LogP contribution in [0, 0.1) is 0 Å². The lowest BCUT2D eigenvalue weighted by Crippen LogP contribution is -2.41. The second-order valence-corrected chi connectivity index (χ2v) is 3.43. The Balaban J connectivity index is 2.03. The Labute approximate surface area is 82.3 Å². The van der Waals surface area contributed by atoms with Crippen molar-refractivity contribution < 1.29 is 9.47 Å². The van der Waals surface area contributed by atoms with Crippen LogP contribution in [0.3, 0.4) is 0 Å². The highest BCUT2D eigenvalue weighted by atomic mass is 16.5. The molecule has 3 rings (SSSR count). The first kappa shape index (κ1) is 7.88. The van der Waals surface area contributed by atoms with E-state index < -0.39 is 0 Å². The molecule has 14 heavy (non-hydrogen) atoms. The molecule has 3 nitrogen and oxygen atoms in total. The van der Waals surface area contributed by atoms with Crippen LogP contribution < -0.4 is 10.1 Å². The number of rotatable bonds is 0. The molecule has 1 unspecified atom stereocenters. The molecule has 1 N–H and O–H groups in total. The van der Waals surface area contributed by atoms with Crippen LogP contribution in [0.2, 0.25) is 0 Å². The van der Waals surface area contributed by atoms with Gasteiger partial charge >= 0.3 is 0 Å². The van der Waals surface area contributed by atoms with Crippen LogP contribution in [0.4, 0.5) is 0 Å². The van der Waals surface area contributed by atoms with Gasteiger partial charge in [-0.15, -0.1) is 0 Å². The van der Waals surface area contributed by atoms with Crippen LogP contribution >= 0.6 is 0 Å². The van der Waals surface area contributed by atoms with Crippen molar-refractivity contribution in [2.75, 3.05) is 13.3 Å². The minimum atomic E-state index is 0.0404. The summed E-state index contributed by atoms with van der Waals surface area (Å²) >= 11 is 0. The summed E-state index contributed by atoms with van der Waals surface area (Å²) in [5, 5.41) is 3.13. The maximum Gasteiger partial charge on any atom is 0.168 e. The van der Waals surface area contributed by atoms with E-state index in [2.05, 4.69) is 11.4 Å². The van der Waals surface area contributed by atoms with Crippen molar-refractivity contribution in [3.8, 4) is 5.75 Å². The molecule has 0 spiro atoms. The molecule has 1 atom stereocenters. The van der Waals surface area contributed by atoms with Gasteiger partial charge in [-0.3, -0.25) is 5.32 Å². The van der Waals surface area contributed by atoms with E-state index in [1.165, 1.54) is 0 Å². The van der Waals surface area contributed by atoms with Gasteiger partial charge in [0.1, 0.15) is 18.2 Å². The number of fused-ring (bicyclic) bond motifs is 2. The third-order valence-electron chi connectivity index (χ3n) is 2.47. The maximum atomic E-state index is 5.78. The monoisotopic (exact) mass is 189 g/mol. The molecule has 3 heteroatoms. The first-order chi connectivity index (χ1) is 6.93. The minimum Gasteiger partial charge on any atom is -0.481 e. The zero-order chi connectivity index (χ0) is 9.38. The largest absolute Gasteiger partial charge is 0.481 e. The molecular formula is C11H11NO2. The van der Waals surface area contributed by atoms with E-state index in [-0.39, 0.29) is 6.10 Å². The zero-order valence-electron chi connectivity index (χ0n) is 7.69. The van der Waals surface area contributed by atoms with Crippen molar-refractivity contribution >= 4 is 6.08 Å². The van der Waals surface area contributed by atoms with Crippen LogP contribution in [-0.4, -0.2) is 19.4 Å². The summed E-state index contributed by atoms with van der Waals surface area (Å²) in [6.45, 7) is 1.40. The van der Waals surface area contributed by atoms with E-state index in [9.17, 15) is 0 Å². The van der Waals surface area contributed by atoms with Gasteiger partial charge in [0.15, 0.2) is 6.10 Å². The molecule has 1 aromatic carbocycles. The van der Waals surface area contributed by atoms with Gasteiger partial charge in [0.25, 0.3) is 0 Å². The van der Waals surface area contributed by atoms with Gasteiger partial charge in [0.05, 0.1) is 0 Å². The van der Waals surface area contributed by atoms with E-state index in [1.807, 2.05) is 24.3 Å². The SMILES string of the molecule is C1=C2OCNCC2Oc2ccccc21. The van der Waals surface area contributed by atoms with Crippen LogP contribution in [0.15, 0.2) is 30.0 Å². The standard InChI is InChI=1S/C11H11NO2/c1-2-4-9-8(3-1)5-10-11(14-9)6-12-7-13-10/h1-5,11-12H,6-7H2. The first-order valence-corrected chi connectivity index (χ1v) is 4.74. The van der Waals surface area contributed by atoms with Crippen molar-refractivity contribution in [3.05, 3.63) is 35.6 Å². The Kier molecular flexibility index (Phi) is 1.70. The minimum absolute atomic E-state index is 0.0404. The topological polar surface area (TPSA) is 30.5 Å². The predicted octanol–water partition coefficient (Wildman–Crippen LogP) is 1.37. The number of benzene rings is 1. The summed E-state index contributed by atoms with van der Waals surface area (Å²) in [6.07, 6.45) is 2.10. The molecule has 2 heterocycles. The Morgan fingerprint density at radius 3 is 3.21 bits per heavy atom. The number of nitrogens with one attached hydrogen (secondary N) is 1. The number of hydrogen-bond donors (Lipinski definition) is 1. The summed E-state index contributed by atoms with van der Waals surface area (Å²) in [5.41, 5.74) is 1.10. The maximum absolute atomic E-state index is 5.78. The van der Waals surface area contributed by atoms with E-state index in [1.54, 1.807) is 0 Å². The summed E-state index contributed by atoms with van der Waals surface area (Å²) in [7, 11) is 0. The van der Waals surface area contributed by atoms with Gasteiger partial charge in [-0.2, -0.15) is 0 Å². The molecule has 0 radical (unpaired) electrons. The fraction of sp³-hybridized carbons (Fsp3) is 0.273. The number of ether oxygens (including phenoxy) is 2. The zero-order valence-corrected chi connectivity index (χ0v) is 7.69. The van der Waals surface area contributed by atoms with Gasteiger partial charge in [-0.1, -0.05) is 18.2 Å². The molecule has 2 aliphatic rings. The predicted molar refractivity (Wildman–Crippen MR) is 52.8 cm³/mol. The fourth-order valence-electron chi connectivity index (χ4n) is 1.77. The van der Waals surface area contributed by atoms with Crippen molar-refractivity contribution in [2.24, 2.45) is 0 Å². The molecule has 0 bridgehead atoms. The van der Waals surface area contributed by atoms with Crippen LogP contribution in [-0.2, 0) is 4.74 Å². The molecule has 1 saturated heterocycles. The molecule has 0 amide bonds. The fourth-order valence-corrected chi connectivity index (χ4v) is 1.77. The second-order valence-electron chi connectivity index (χ2n) is 3.43. The molecule has 72 valence electrons. The highest BCUT2D eigenvalue weighted by molar-refractivity contribution is 5.61. The average molecular weight is 189 g/mol. The molecule has 0 aromatic heterocycles. The van der Waals surface area contributed by atoms with E-state index in [4.69, 9.17) is 9.47 Å². The van der Waals surface area contributed by atoms with E-state index in [0.29, 0.717) is 6.73 Å². The van der Waals surface area contributed by atoms with Crippen molar-refractivity contribution in [1.82, 2.24) is 5.32 Å². The molecule has 2 aliphatic heterocycles. The quantitative estimate of drug-likeness (QED) is 0.668. The lowest BCUT2D eigenvalue weighted by atomic mass is 10.1. The third-order valence-corrected chi connectivity index (χ3v) is 2.47. The van der Waals surface area contributed by atoms with Gasteiger partial charge in [0.2, 0.25) is 0 Å². The number of para-hydroxylation sites is 1. The van der Waals surface area contributed by atoms with E-state index in [0.717, 1.165) is 23.6 Å². The Bertz CT molecular complexity index is 387. The molecule has 0 aliphatic carbocycles. The highest BCUT2D eigenvalue weighted by Crippen LogP contribution is 2.30. The Hall–Kier alpha value is -1.48. The summed E-state index contributed by atoms with van der Waals surface area (Å²) < 4.78 is 11.2. The van der Waals surface area contributed by atoms with Crippen molar-refractivity contribution in [1.29, 1.82) is 0 Å². The van der Waals surface area contributed by atoms with Gasteiger partial charge in [-0.25, -0.2) is 0 Å². The first-order valence-electron chi connectivity index (χ1n) is 4.74. The summed E-state index contributed by atoms with van der Waals surface area (Å²) in [6, 6.07) is 8.00. The smallest absolute Gasteiger partial charge is 0.168 e. The van der Waals surface area contributed by atoms with Gasteiger partial charge in [-0.05, 0) is 12.1 Å². The third kappa shape index (κ3) is 1.17.